The van der Waals surface area contributed by atoms with Crippen molar-refractivity contribution in [3.8, 4) is 16.9 Å². The number of allylic oxidation sites excluding steroid dienone is 1. The van der Waals surface area contributed by atoms with E-state index in [9.17, 15) is 13.2 Å². The van der Waals surface area contributed by atoms with E-state index in [1.54, 1.807) is 0 Å². The Morgan fingerprint density at radius 1 is 1.11 bits per heavy atom. The predicted molar refractivity (Wildman–Crippen MR) is 104 cm³/mol. The second-order valence-corrected chi connectivity index (χ2v) is 7.01. The van der Waals surface area contributed by atoms with Gasteiger partial charge in [0, 0.05) is 17.0 Å². The second kappa shape index (κ2) is 9.28. The number of ether oxygens (including phenoxy) is 2. The van der Waals surface area contributed by atoms with Crippen molar-refractivity contribution in [3.05, 3.63) is 65.5 Å². The molecule has 1 heterocycles. The van der Waals surface area contributed by atoms with Crippen LogP contribution in [0.4, 0.5) is 13.2 Å². The molecule has 1 aliphatic heterocycles. The van der Waals surface area contributed by atoms with Gasteiger partial charge in [0.25, 0.3) is 0 Å². The molecule has 3 rings (SSSR count). The van der Waals surface area contributed by atoms with E-state index in [1.807, 2.05) is 19.9 Å². The zero-order chi connectivity index (χ0) is 20.1. The Labute approximate surface area is 164 Å². The average Bonchev–Trinajstić information content (AvgIpc) is 2.70. The van der Waals surface area contributed by atoms with E-state index >= 15 is 0 Å². The van der Waals surface area contributed by atoms with Crippen LogP contribution >= 0.6 is 0 Å². The van der Waals surface area contributed by atoms with E-state index in [0.29, 0.717) is 25.6 Å². The molecule has 0 amide bonds. The van der Waals surface area contributed by atoms with Crippen LogP contribution in [0.15, 0.2) is 42.5 Å². The van der Waals surface area contributed by atoms with Gasteiger partial charge in [0.2, 0.25) is 0 Å². The molecular weight excluding hydrogens is 365 g/mol. The molecule has 0 spiro atoms. The summed E-state index contributed by atoms with van der Waals surface area (Å²) in [6.45, 7) is 4.75. The first-order valence-corrected chi connectivity index (χ1v) is 9.70. The number of rotatable bonds is 6. The van der Waals surface area contributed by atoms with Crippen molar-refractivity contribution in [2.45, 2.75) is 39.2 Å². The van der Waals surface area contributed by atoms with Crippen LogP contribution in [0.1, 0.15) is 44.8 Å². The lowest BCUT2D eigenvalue weighted by Gasteiger charge is -2.28. The summed E-state index contributed by atoms with van der Waals surface area (Å²) in [5.41, 5.74) is 0.496. The van der Waals surface area contributed by atoms with Crippen LogP contribution in [0.25, 0.3) is 11.1 Å². The zero-order valence-electron chi connectivity index (χ0n) is 16.2. The van der Waals surface area contributed by atoms with Crippen LogP contribution in [-0.4, -0.2) is 13.2 Å². The summed E-state index contributed by atoms with van der Waals surface area (Å²) in [7, 11) is 0. The van der Waals surface area contributed by atoms with Gasteiger partial charge in [-0.3, -0.25) is 0 Å². The first-order chi connectivity index (χ1) is 13.5. The van der Waals surface area contributed by atoms with Crippen molar-refractivity contribution in [2.24, 2.45) is 5.92 Å². The van der Waals surface area contributed by atoms with Gasteiger partial charge in [0.15, 0.2) is 23.2 Å². The third-order valence-electron chi connectivity index (χ3n) is 4.94. The molecule has 150 valence electrons. The summed E-state index contributed by atoms with van der Waals surface area (Å²) in [4.78, 5) is 0. The molecule has 1 saturated heterocycles. The van der Waals surface area contributed by atoms with Crippen molar-refractivity contribution in [1.82, 2.24) is 0 Å². The maximum atomic E-state index is 14.7. The minimum atomic E-state index is -0.988. The standard InChI is InChI=1S/C23H25F3O2/c1-3-5-15-6-10-20(28-14-15)18-9-8-17(22(25)23(18)26)16-7-11-21(19(24)13-16)27-12-4-2/h3,5,7-9,11,13,15,20H,4,6,10,12,14H2,1-2H3/b5-3+. The zero-order valence-corrected chi connectivity index (χ0v) is 16.2. The Morgan fingerprint density at radius 2 is 1.93 bits per heavy atom. The molecule has 0 aliphatic carbocycles. The molecule has 5 heteroatoms. The van der Waals surface area contributed by atoms with Crippen LogP contribution in [0.3, 0.4) is 0 Å². The lowest BCUT2D eigenvalue weighted by atomic mass is 9.92. The molecule has 0 aromatic heterocycles. The number of halogens is 3. The van der Waals surface area contributed by atoms with Gasteiger partial charge < -0.3 is 9.47 Å². The molecule has 2 aromatic rings. The number of benzene rings is 2. The SMILES string of the molecule is C/C=C/C1CCC(c2ccc(-c3ccc(OCCC)c(F)c3)c(F)c2F)OC1. The van der Waals surface area contributed by atoms with Gasteiger partial charge in [-0.1, -0.05) is 37.3 Å². The molecule has 2 atom stereocenters. The Hall–Kier alpha value is -2.27. The molecule has 0 N–H and O–H groups in total. The van der Waals surface area contributed by atoms with Gasteiger partial charge in [-0.05, 0) is 43.9 Å². The highest BCUT2D eigenvalue weighted by molar-refractivity contribution is 5.66. The van der Waals surface area contributed by atoms with Gasteiger partial charge >= 0.3 is 0 Å². The first kappa shape index (κ1) is 20.5. The molecule has 0 bridgehead atoms. The van der Waals surface area contributed by atoms with Crippen molar-refractivity contribution in [3.63, 3.8) is 0 Å². The lowest BCUT2D eigenvalue weighted by Crippen LogP contribution is -2.20. The van der Waals surface area contributed by atoms with Crippen molar-refractivity contribution in [2.75, 3.05) is 13.2 Å². The highest BCUT2D eigenvalue weighted by Crippen LogP contribution is 2.36. The topological polar surface area (TPSA) is 18.5 Å². The minimum Gasteiger partial charge on any atom is -0.491 e. The summed E-state index contributed by atoms with van der Waals surface area (Å²) in [6.07, 6.45) is 5.82. The van der Waals surface area contributed by atoms with Crippen LogP contribution in [-0.2, 0) is 4.74 Å². The molecule has 28 heavy (non-hydrogen) atoms. The van der Waals surface area contributed by atoms with Gasteiger partial charge in [-0.15, -0.1) is 0 Å². The monoisotopic (exact) mass is 390 g/mol. The van der Waals surface area contributed by atoms with Gasteiger partial charge in [-0.25, -0.2) is 13.2 Å². The summed E-state index contributed by atoms with van der Waals surface area (Å²) in [5, 5.41) is 0. The fourth-order valence-electron chi connectivity index (χ4n) is 3.47. The van der Waals surface area contributed by atoms with Crippen molar-refractivity contribution < 1.29 is 22.6 Å². The third-order valence-corrected chi connectivity index (χ3v) is 4.94. The molecule has 0 saturated carbocycles. The van der Waals surface area contributed by atoms with Crippen LogP contribution < -0.4 is 4.74 Å². The van der Waals surface area contributed by atoms with Crippen molar-refractivity contribution >= 4 is 0 Å². The third kappa shape index (κ3) is 4.41. The summed E-state index contributed by atoms with van der Waals surface area (Å²) in [6, 6.07) is 7.16. The molecular formula is C23H25F3O2. The fraction of sp³-hybridized carbons (Fsp3) is 0.391. The smallest absolute Gasteiger partial charge is 0.167 e. The largest absolute Gasteiger partial charge is 0.491 e. The van der Waals surface area contributed by atoms with Gasteiger partial charge in [0.05, 0.1) is 19.3 Å². The fourth-order valence-corrected chi connectivity index (χ4v) is 3.47. The van der Waals surface area contributed by atoms with Crippen molar-refractivity contribution in [1.29, 1.82) is 0 Å². The van der Waals surface area contributed by atoms with E-state index in [0.717, 1.165) is 12.8 Å². The average molecular weight is 390 g/mol. The molecule has 1 fully saturated rings. The summed E-state index contributed by atoms with van der Waals surface area (Å²) >= 11 is 0. The van der Waals surface area contributed by atoms with Crippen LogP contribution in [0.5, 0.6) is 5.75 Å². The maximum absolute atomic E-state index is 14.7. The maximum Gasteiger partial charge on any atom is 0.167 e. The van der Waals surface area contributed by atoms with Crippen LogP contribution in [0.2, 0.25) is 0 Å². The molecule has 2 unspecified atom stereocenters. The van der Waals surface area contributed by atoms with Crippen LogP contribution in [0, 0.1) is 23.4 Å². The van der Waals surface area contributed by atoms with E-state index in [2.05, 4.69) is 6.08 Å². The number of hydrogen-bond donors (Lipinski definition) is 0. The normalized spacial score (nSPS) is 19.9. The van der Waals surface area contributed by atoms with E-state index in [-0.39, 0.29) is 22.4 Å². The molecule has 2 aromatic carbocycles. The Kier molecular flexibility index (Phi) is 6.79. The number of hydrogen-bond acceptors (Lipinski definition) is 2. The Bertz CT molecular complexity index is 840. The quantitative estimate of drug-likeness (QED) is 0.517. The van der Waals surface area contributed by atoms with Gasteiger partial charge in [0.1, 0.15) is 0 Å². The predicted octanol–water partition coefficient (Wildman–Crippen LogP) is 6.60. The van der Waals surface area contributed by atoms with E-state index in [1.165, 1.54) is 30.3 Å². The van der Waals surface area contributed by atoms with E-state index < -0.39 is 23.6 Å². The Balaban J connectivity index is 1.82. The first-order valence-electron chi connectivity index (χ1n) is 9.70. The molecule has 1 aliphatic rings. The van der Waals surface area contributed by atoms with E-state index in [4.69, 9.17) is 9.47 Å². The highest BCUT2D eigenvalue weighted by atomic mass is 19.2. The summed E-state index contributed by atoms with van der Waals surface area (Å²) < 4.78 is 54.7. The molecule has 2 nitrogen and oxygen atoms in total. The minimum absolute atomic E-state index is 0.0183. The Morgan fingerprint density at radius 3 is 2.57 bits per heavy atom. The molecule has 0 radical (unpaired) electrons. The van der Waals surface area contributed by atoms with Gasteiger partial charge in [-0.2, -0.15) is 0 Å². The highest BCUT2D eigenvalue weighted by Gasteiger charge is 2.26. The second-order valence-electron chi connectivity index (χ2n) is 7.01. The summed E-state index contributed by atoms with van der Waals surface area (Å²) in [5.74, 6) is -2.10. The lowest BCUT2D eigenvalue weighted by molar-refractivity contribution is -0.00743.